The van der Waals surface area contributed by atoms with Crippen LogP contribution in [0.4, 0.5) is 13.2 Å². The maximum atomic E-state index is 13.0. The van der Waals surface area contributed by atoms with Gasteiger partial charge in [0.05, 0.1) is 10.5 Å². The largest absolute Gasteiger partial charge is 0.416 e. The molecule has 0 radical (unpaired) electrons. The number of hydrogen-bond acceptors (Lipinski definition) is 2. The molecule has 0 saturated heterocycles. The van der Waals surface area contributed by atoms with Crippen LogP contribution in [0.3, 0.4) is 0 Å². The van der Waals surface area contributed by atoms with Crippen LogP contribution in [0.5, 0.6) is 0 Å². The van der Waals surface area contributed by atoms with E-state index < -0.39 is 21.8 Å². The van der Waals surface area contributed by atoms with Crippen molar-refractivity contribution in [2.75, 3.05) is 7.05 Å². The van der Waals surface area contributed by atoms with Crippen LogP contribution in [0.25, 0.3) is 0 Å². The second-order valence-corrected chi connectivity index (χ2v) is 7.71. The smallest absolute Gasteiger partial charge is 0.207 e. The molecule has 130 valence electrons. The number of halogens is 3. The Hall–Kier alpha value is -1.86. The molecule has 0 heterocycles. The van der Waals surface area contributed by atoms with Gasteiger partial charge < -0.3 is 0 Å². The van der Waals surface area contributed by atoms with Gasteiger partial charge in [-0.3, -0.25) is 0 Å². The maximum absolute atomic E-state index is 13.0. The first-order chi connectivity index (χ1) is 11.0. The quantitative estimate of drug-likeness (QED) is 0.825. The SMILES string of the molecule is Cc1ccc(S(=O)(=O)N(C)Cc2ccccc2C(F)(F)F)cc1C. The number of benzene rings is 2. The van der Waals surface area contributed by atoms with Crippen LogP contribution in [0.2, 0.25) is 0 Å². The molecule has 0 amide bonds. The highest BCUT2D eigenvalue weighted by Gasteiger charge is 2.34. The molecule has 0 aliphatic carbocycles. The molecular formula is C17H18F3NO2S. The van der Waals surface area contributed by atoms with Gasteiger partial charge in [0, 0.05) is 13.6 Å². The molecule has 0 saturated carbocycles. The van der Waals surface area contributed by atoms with Gasteiger partial charge in [-0.25, -0.2) is 8.42 Å². The highest BCUT2D eigenvalue weighted by Crippen LogP contribution is 2.33. The lowest BCUT2D eigenvalue weighted by atomic mass is 10.1. The standard InChI is InChI=1S/C17H18F3NO2S/c1-12-8-9-15(10-13(12)2)24(22,23)21(3)11-14-6-4-5-7-16(14)17(18,19)20/h4-10H,11H2,1-3H3. The summed E-state index contributed by atoms with van der Waals surface area (Å²) < 4.78 is 65.3. The molecule has 0 spiro atoms. The summed E-state index contributed by atoms with van der Waals surface area (Å²) in [6.07, 6.45) is -4.53. The van der Waals surface area contributed by atoms with Crippen LogP contribution in [-0.2, 0) is 22.7 Å². The summed E-state index contributed by atoms with van der Waals surface area (Å²) in [7, 11) is -2.60. The van der Waals surface area contributed by atoms with E-state index in [-0.39, 0.29) is 17.0 Å². The number of aryl methyl sites for hydroxylation is 2. The molecule has 2 rings (SSSR count). The number of alkyl halides is 3. The maximum Gasteiger partial charge on any atom is 0.416 e. The summed E-state index contributed by atoms with van der Waals surface area (Å²) in [4.78, 5) is 0.0672. The minimum Gasteiger partial charge on any atom is -0.207 e. The molecule has 0 bridgehead atoms. The van der Waals surface area contributed by atoms with Crippen LogP contribution in [0.1, 0.15) is 22.3 Å². The number of rotatable bonds is 4. The Morgan fingerprint density at radius 2 is 1.62 bits per heavy atom. The first-order valence-electron chi connectivity index (χ1n) is 7.22. The Labute approximate surface area is 139 Å². The van der Waals surface area contributed by atoms with Crippen LogP contribution >= 0.6 is 0 Å². The van der Waals surface area contributed by atoms with Crippen molar-refractivity contribution < 1.29 is 21.6 Å². The second-order valence-electron chi connectivity index (χ2n) is 5.66. The van der Waals surface area contributed by atoms with E-state index in [1.807, 2.05) is 6.92 Å². The molecule has 0 fully saturated rings. The zero-order chi connectivity index (χ0) is 18.1. The molecule has 2 aromatic carbocycles. The monoisotopic (exact) mass is 357 g/mol. The summed E-state index contributed by atoms with van der Waals surface area (Å²) in [6.45, 7) is 3.28. The average molecular weight is 357 g/mol. The lowest BCUT2D eigenvalue weighted by Gasteiger charge is -2.20. The topological polar surface area (TPSA) is 37.4 Å². The van der Waals surface area contributed by atoms with Crippen molar-refractivity contribution in [3.63, 3.8) is 0 Å². The predicted molar refractivity (Wildman–Crippen MR) is 86.0 cm³/mol. The van der Waals surface area contributed by atoms with Crippen LogP contribution < -0.4 is 0 Å². The predicted octanol–water partition coefficient (Wildman–Crippen LogP) is 4.14. The summed E-state index contributed by atoms with van der Waals surface area (Å²) in [6, 6.07) is 9.65. The van der Waals surface area contributed by atoms with Gasteiger partial charge in [0.25, 0.3) is 0 Å². The highest BCUT2D eigenvalue weighted by atomic mass is 32.2. The van der Waals surface area contributed by atoms with Crippen molar-refractivity contribution in [3.8, 4) is 0 Å². The third-order valence-electron chi connectivity index (χ3n) is 3.90. The van der Waals surface area contributed by atoms with Gasteiger partial charge in [-0.05, 0) is 48.7 Å². The Morgan fingerprint density at radius 1 is 1.00 bits per heavy atom. The van der Waals surface area contributed by atoms with Gasteiger partial charge in [-0.15, -0.1) is 0 Å². The average Bonchev–Trinajstić information content (AvgIpc) is 2.49. The van der Waals surface area contributed by atoms with Gasteiger partial charge in [0.2, 0.25) is 10.0 Å². The van der Waals surface area contributed by atoms with E-state index >= 15 is 0 Å². The molecule has 0 aliphatic rings. The molecule has 0 aliphatic heterocycles. The summed E-state index contributed by atoms with van der Waals surface area (Å²) >= 11 is 0. The molecule has 0 aromatic heterocycles. The van der Waals surface area contributed by atoms with Crippen molar-refractivity contribution in [2.45, 2.75) is 31.5 Å². The lowest BCUT2D eigenvalue weighted by Crippen LogP contribution is -2.27. The Morgan fingerprint density at radius 3 is 2.21 bits per heavy atom. The van der Waals surface area contributed by atoms with Gasteiger partial charge in [0.1, 0.15) is 0 Å². The van der Waals surface area contributed by atoms with E-state index in [2.05, 4.69) is 0 Å². The Bertz CT molecular complexity index is 845. The molecule has 24 heavy (non-hydrogen) atoms. The van der Waals surface area contributed by atoms with E-state index in [1.165, 1.54) is 37.4 Å². The zero-order valence-corrected chi connectivity index (χ0v) is 14.4. The number of sulfonamides is 1. The number of hydrogen-bond donors (Lipinski definition) is 0. The van der Waals surface area contributed by atoms with E-state index in [0.29, 0.717) is 0 Å². The van der Waals surface area contributed by atoms with E-state index in [1.54, 1.807) is 13.0 Å². The fourth-order valence-corrected chi connectivity index (χ4v) is 3.55. The van der Waals surface area contributed by atoms with Gasteiger partial charge in [-0.1, -0.05) is 24.3 Å². The molecular weight excluding hydrogens is 339 g/mol. The molecule has 2 aromatic rings. The van der Waals surface area contributed by atoms with Crippen molar-refractivity contribution in [1.29, 1.82) is 0 Å². The Balaban J connectivity index is 2.36. The summed E-state index contributed by atoms with van der Waals surface area (Å²) in [5.41, 5.74) is 0.839. The van der Waals surface area contributed by atoms with Crippen molar-refractivity contribution in [2.24, 2.45) is 0 Å². The fraction of sp³-hybridized carbons (Fsp3) is 0.294. The minimum absolute atomic E-state index is 0.0672. The second kappa shape index (κ2) is 6.57. The minimum atomic E-state index is -4.53. The van der Waals surface area contributed by atoms with E-state index in [9.17, 15) is 21.6 Å². The lowest BCUT2D eigenvalue weighted by molar-refractivity contribution is -0.138. The Kier molecular flexibility index (Phi) is 5.05. The summed E-state index contributed by atoms with van der Waals surface area (Å²) in [5, 5.41) is 0. The van der Waals surface area contributed by atoms with Crippen molar-refractivity contribution in [1.82, 2.24) is 4.31 Å². The van der Waals surface area contributed by atoms with Gasteiger partial charge >= 0.3 is 6.18 Å². The van der Waals surface area contributed by atoms with Crippen molar-refractivity contribution in [3.05, 3.63) is 64.7 Å². The third kappa shape index (κ3) is 3.79. The highest BCUT2D eigenvalue weighted by molar-refractivity contribution is 7.89. The zero-order valence-electron chi connectivity index (χ0n) is 13.6. The van der Waals surface area contributed by atoms with Crippen molar-refractivity contribution >= 4 is 10.0 Å². The first kappa shape index (κ1) is 18.5. The first-order valence-corrected chi connectivity index (χ1v) is 8.66. The summed E-state index contributed by atoms with van der Waals surface area (Å²) in [5.74, 6) is 0. The fourth-order valence-electron chi connectivity index (χ4n) is 2.31. The molecule has 3 nitrogen and oxygen atoms in total. The van der Waals surface area contributed by atoms with Crippen LogP contribution in [0, 0.1) is 13.8 Å². The normalized spacial score (nSPS) is 12.6. The van der Waals surface area contributed by atoms with E-state index in [4.69, 9.17) is 0 Å². The molecule has 7 heteroatoms. The van der Waals surface area contributed by atoms with Gasteiger partial charge in [0.15, 0.2) is 0 Å². The molecule has 0 unspecified atom stereocenters. The van der Waals surface area contributed by atoms with Gasteiger partial charge in [-0.2, -0.15) is 17.5 Å². The molecule has 0 atom stereocenters. The number of nitrogens with zero attached hydrogens (tertiary/aromatic N) is 1. The van der Waals surface area contributed by atoms with Crippen LogP contribution in [0.15, 0.2) is 47.4 Å². The van der Waals surface area contributed by atoms with E-state index in [0.717, 1.165) is 21.5 Å². The molecule has 0 N–H and O–H groups in total. The van der Waals surface area contributed by atoms with Crippen LogP contribution in [-0.4, -0.2) is 19.8 Å². The third-order valence-corrected chi connectivity index (χ3v) is 5.70.